The molecule has 4 aliphatic carbocycles. The number of unbranched alkanes of at least 4 members (excludes halogenated alkanes) is 4. The van der Waals surface area contributed by atoms with Crippen molar-refractivity contribution >= 4 is 58.0 Å². The molecule has 34 heavy (non-hydrogen) atoms. The molecule has 0 saturated heterocycles. The van der Waals surface area contributed by atoms with Crippen molar-refractivity contribution in [2.45, 2.75) is 98.6 Å². The average Bonchev–Trinajstić information content (AvgIpc) is 3.49. The first kappa shape index (κ1) is 29.0. The number of halogens is 4. The first-order chi connectivity index (χ1) is 16.1. The normalized spacial score (nSPS) is 35.2. The summed E-state index contributed by atoms with van der Waals surface area (Å²) in [6.45, 7) is 0.536. The van der Waals surface area contributed by atoms with Crippen LogP contribution in [0.2, 0.25) is 0 Å². The molecule has 196 valence electrons. The van der Waals surface area contributed by atoms with Crippen LogP contribution in [0.3, 0.4) is 0 Å². The third-order valence-corrected chi connectivity index (χ3v) is 10.6. The highest BCUT2D eigenvalue weighted by Crippen LogP contribution is 2.58. The zero-order valence-electron chi connectivity index (χ0n) is 20.0. The number of carbonyl (C=O) groups is 2. The number of hydrogen-bond acceptors (Lipinski definition) is 4. The highest BCUT2D eigenvalue weighted by Gasteiger charge is 2.58. The van der Waals surface area contributed by atoms with Gasteiger partial charge in [-0.2, -0.15) is 0 Å². The molecular formula is C26H40Cl4O4. The van der Waals surface area contributed by atoms with E-state index in [0.29, 0.717) is 36.5 Å². The first-order valence-electron chi connectivity index (χ1n) is 13.2. The number of carbonyl (C=O) groups excluding carboxylic acids is 2. The predicted octanol–water partition coefficient (Wildman–Crippen LogP) is 6.66. The van der Waals surface area contributed by atoms with Crippen molar-refractivity contribution in [2.24, 2.45) is 35.5 Å². The van der Waals surface area contributed by atoms with E-state index in [4.69, 9.17) is 56.6 Å². The minimum absolute atomic E-state index is 0.0240. The van der Waals surface area contributed by atoms with Gasteiger partial charge in [-0.15, -0.1) is 0 Å². The molecule has 0 amide bonds. The Morgan fingerprint density at radius 1 is 0.618 bits per heavy atom. The van der Waals surface area contributed by atoms with Gasteiger partial charge in [0.1, 0.15) is 0 Å². The molecule has 8 heteroatoms. The van der Waals surface area contributed by atoms with Crippen molar-refractivity contribution < 1.29 is 19.8 Å². The molecule has 4 aliphatic rings. The molecule has 0 aromatic rings. The lowest BCUT2D eigenvalue weighted by molar-refractivity contribution is -0.119. The fourth-order valence-corrected chi connectivity index (χ4v) is 8.88. The third kappa shape index (κ3) is 6.45. The number of Topliss-reactive ketones (excluding diaryl/α,β-unsaturated/α-hetero) is 2. The lowest BCUT2D eigenvalue weighted by Crippen LogP contribution is -2.31. The lowest BCUT2D eigenvalue weighted by atomic mass is 9.87. The maximum absolute atomic E-state index is 11.7. The van der Waals surface area contributed by atoms with Crippen LogP contribution in [0.5, 0.6) is 0 Å². The van der Waals surface area contributed by atoms with Gasteiger partial charge < -0.3 is 10.2 Å². The Kier molecular flexibility index (Phi) is 10.9. The Morgan fingerprint density at radius 2 is 1.00 bits per heavy atom. The van der Waals surface area contributed by atoms with Gasteiger partial charge in [-0.05, 0) is 62.2 Å². The van der Waals surface area contributed by atoms with Crippen molar-refractivity contribution in [3.8, 4) is 0 Å². The number of ketones is 2. The first-order valence-corrected chi connectivity index (χ1v) is 14.7. The molecule has 4 fully saturated rings. The molecule has 6 atom stereocenters. The van der Waals surface area contributed by atoms with Gasteiger partial charge in [-0.1, -0.05) is 84.9 Å². The SMILES string of the molecule is O=C1CC2CCC(CCCCCO)C2C1(Cl)Cl.O=C1CC2CCC(CCCCCO)C2C1(Cl)Cl. The van der Waals surface area contributed by atoms with Crippen molar-refractivity contribution in [2.75, 3.05) is 13.2 Å². The van der Waals surface area contributed by atoms with Crippen LogP contribution in [-0.2, 0) is 9.59 Å². The summed E-state index contributed by atoms with van der Waals surface area (Å²) in [4.78, 5) is 23.5. The second-order valence-corrected chi connectivity index (χ2v) is 13.7. The fraction of sp³-hybridized carbons (Fsp3) is 0.923. The summed E-state index contributed by atoms with van der Waals surface area (Å²) >= 11 is 24.9. The van der Waals surface area contributed by atoms with E-state index in [1.54, 1.807) is 0 Å². The van der Waals surface area contributed by atoms with Crippen LogP contribution < -0.4 is 0 Å². The third-order valence-electron chi connectivity index (χ3n) is 8.79. The molecule has 2 N–H and O–H groups in total. The summed E-state index contributed by atoms with van der Waals surface area (Å²) in [5.74, 6) is 2.23. The van der Waals surface area contributed by atoms with E-state index in [0.717, 1.165) is 77.0 Å². The molecule has 6 unspecified atom stereocenters. The monoisotopic (exact) mass is 556 g/mol. The number of hydrogen-bond donors (Lipinski definition) is 2. The Balaban J connectivity index is 0.000000191. The van der Waals surface area contributed by atoms with E-state index in [9.17, 15) is 9.59 Å². The topological polar surface area (TPSA) is 74.6 Å². The lowest BCUT2D eigenvalue weighted by Gasteiger charge is -2.26. The summed E-state index contributed by atoms with van der Waals surface area (Å²) in [6, 6.07) is 0. The van der Waals surface area contributed by atoms with Gasteiger partial charge in [0.25, 0.3) is 0 Å². The van der Waals surface area contributed by atoms with Gasteiger partial charge in [0, 0.05) is 37.9 Å². The summed E-state index contributed by atoms with van der Waals surface area (Å²) < 4.78 is -2.24. The highest BCUT2D eigenvalue weighted by atomic mass is 35.5. The number of fused-ring (bicyclic) bond motifs is 2. The van der Waals surface area contributed by atoms with Crippen LogP contribution >= 0.6 is 46.4 Å². The Labute approximate surface area is 224 Å². The van der Waals surface area contributed by atoms with Crippen LogP contribution in [0.25, 0.3) is 0 Å². The summed E-state index contributed by atoms with van der Waals surface area (Å²) in [5.41, 5.74) is 0. The standard InChI is InChI=1S/2C13H20Cl2O2/c2*14-13(15)11(17)8-10-6-5-9(12(10)13)4-2-1-3-7-16/h2*9-10,12,16H,1-8H2. The molecule has 0 aromatic carbocycles. The molecule has 0 bridgehead atoms. The smallest absolute Gasteiger partial charge is 0.179 e. The molecule has 0 aliphatic heterocycles. The second kappa shape index (κ2) is 12.8. The second-order valence-electron chi connectivity index (χ2n) is 10.9. The molecule has 0 aromatic heterocycles. The van der Waals surface area contributed by atoms with Gasteiger partial charge in [0.15, 0.2) is 20.2 Å². The van der Waals surface area contributed by atoms with E-state index in [-0.39, 0.29) is 36.6 Å². The molecular weight excluding hydrogens is 518 g/mol. The highest BCUT2D eigenvalue weighted by molar-refractivity contribution is 6.59. The minimum Gasteiger partial charge on any atom is -0.396 e. The zero-order valence-corrected chi connectivity index (χ0v) is 23.0. The molecule has 0 heterocycles. The maximum Gasteiger partial charge on any atom is 0.179 e. The predicted molar refractivity (Wildman–Crippen MR) is 139 cm³/mol. The molecule has 0 radical (unpaired) electrons. The Hall–Kier alpha value is 0.420. The Morgan fingerprint density at radius 3 is 1.35 bits per heavy atom. The van der Waals surface area contributed by atoms with Gasteiger partial charge in [0.05, 0.1) is 0 Å². The molecule has 4 saturated carbocycles. The van der Waals surface area contributed by atoms with Crippen LogP contribution in [0.15, 0.2) is 0 Å². The van der Waals surface area contributed by atoms with Crippen LogP contribution in [0.1, 0.15) is 89.9 Å². The quantitative estimate of drug-likeness (QED) is 0.233. The largest absolute Gasteiger partial charge is 0.396 e. The maximum atomic E-state index is 11.7. The molecule has 4 nitrogen and oxygen atoms in total. The van der Waals surface area contributed by atoms with Gasteiger partial charge in [-0.3, -0.25) is 9.59 Å². The number of aliphatic hydroxyl groups excluding tert-OH is 2. The molecule has 0 spiro atoms. The van der Waals surface area contributed by atoms with Crippen molar-refractivity contribution in [1.82, 2.24) is 0 Å². The number of rotatable bonds is 10. The van der Waals surface area contributed by atoms with Crippen LogP contribution in [0.4, 0.5) is 0 Å². The summed E-state index contributed by atoms with van der Waals surface area (Å²) in [7, 11) is 0. The Bertz CT molecular complexity index is 640. The zero-order chi connectivity index (χ0) is 24.9. The molecule has 4 rings (SSSR count). The van der Waals surface area contributed by atoms with Gasteiger partial charge >= 0.3 is 0 Å². The van der Waals surface area contributed by atoms with Crippen molar-refractivity contribution in [1.29, 1.82) is 0 Å². The van der Waals surface area contributed by atoms with Crippen LogP contribution in [0, 0.1) is 35.5 Å². The van der Waals surface area contributed by atoms with Crippen molar-refractivity contribution in [3.05, 3.63) is 0 Å². The fourth-order valence-electron chi connectivity index (χ4n) is 7.14. The average molecular weight is 558 g/mol. The van der Waals surface area contributed by atoms with Gasteiger partial charge in [0.2, 0.25) is 0 Å². The van der Waals surface area contributed by atoms with Gasteiger partial charge in [-0.25, -0.2) is 0 Å². The van der Waals surface area contributed by atoms with E-state index >= 15 is 0 Å². The van der Waals surface area contributed by atoms with E-state index < -0.39 is 8.67 Å². The summed E-state index contributed by atoms with van der Waals surface area (Å²) in [5, 5.41) is 17.5. The van der Waals surface area contributed by atoms with Crippen molar-refractivity contribution in [3.63, 3.8) is 0 Å². The number of aliphatic hydroxyl groups is 2. The minimum atomic E-state index is -1.12. The number of alkyl halides is 4. The van der Waals surface area contributed by atoms with E-state index in [1.165, 1.54) is 0 Å². The van der Waals surface area contributed by atoms with E-state index in [2.05, 4.69) is 0 Å². The summed E-state index contributed by atoms with van der Waals surface area (Å²) in [6.07, 6.45) is 13.9. The van der Waals surface area contributed by atoms with Crippen LogP contribution in [-0.4, -0.2) is 43.7 Å². The van der Waals surface area contributed by atoms with E-state index in [1.807, 2.05) is 0 Å².